The van der Waals surface area contributed by atoms with E-state index in [0.29, 0.717) is 36.3 Å². The van der Waals surface area contributed by atoms with Gasteiger partial charge in [-0.2, -0.15) is 0 Å². The van der Waals surface area contributed by atoms with E-state index < -0.39 is 5.67 Å². The molecule has 2 aliphatic rings. The molecule has 2 aliphatic heterocycles. The number of hydrogen-bond acceptors (Lipinski definition) is 3. The molecule has 0 radical (unpaired) electrons. The van der Waals surface area contributed by atoms with Crippen molar-refractivity contribution in [1.82, 2.24) is 10.3 Å². The fourth-order valence-electron chi connectivity index (χ4n) is 3.46. The molecule has 2 saturated heterocycles. The number of aryl methyl sites for hydroxylation is 1. The molecule has 2 atom stereocenters. The first kappa shape index (κ1) is 11.0. The Morgan fingerprint density at radius 2 is 2.06 bits per heavy atom. The number of pyridine rings is 1. The first-order valence-corrected chi connectivity index (χ1v) is 6.25. The van der Waals surface area contributed by atoms with E-state index in [-0.39, 0.29) is 0 Å². The Kier molecular flexibility index (Phi) is 2.36. The summed E-state index contributed by atoms with van der Waals surface area (Å²) in [5.74, 6) is 0.355. The van der Waals surface area contributed by atoms with Gasteiger partial charge in [0.2, 0.25) is 0 Å². The highest BCUT2D eigenvalue weighted by atomic mass is 19.1. The third kappa shape index (κ3) is 1.71. The summed E-state index contributed by atoms with van der Waals surface area (Å²) in [4.78, 5) is 4.05. The van der Waals surface area contributed by atoms with Crippen molar-refractivity contribution in [3.8, 4) is 0 Å². The maximum Gasteiger partial charge on any atom is 0.142 e. The minimum atomic E-state index is -1.29. The molecule has 0 saturated carbocycles. The van der Waals surface area contributed by atoms with E-state index in [1.807, 2.05) is 13.0 Å². The van der Waals surface area contributed by atoms with Gasteiger partial charge in [0.1, 0.15) is 11.5 Å². The maximum atomic E-state index is 15.2. The van der Waals surface area contributed by atoms with Crippen LogP contribution in [0.2, 0.25) is 0 Å². The van der Waals surface area contributed by atoms with Crippen LogP contribution >= 0.6 is 0 Å². The number of nitrogens with zero attached hydrogens (tertiary/aromatic N) is 1. The minimum absolute atomic E-state index is 0.303. The fraction of sp³-hybridized carbons (Fsp3) is 0.615. The average molecular weight is 235 g/mol. The molecular formula is C13H18FN3. The summed E-state index contributed by atoms with van der Waals surface area (Å²) in [6, 6.07) is 2.45. The molecule has 2 unspecified atom stereocenters. The molecule has 1 aromatic heterocycles. The minimum Gasteiger partial charge on any atom is -0.383 e. The molecular weight excluding hydrogens is 217 g/mol. The van der Waals surface area contributed by atoms with Crippen LogP contribution in [0.25, 0.3) is 0 Å². The number of anilines is 1. The van der Waals surface area contributed by atoms with Crippen LogP contribution in [0.3, 0.4) is 0 Å². The average Bonchev–Trinajstić information content (AvgIpc) is 2.58. The summed E-state index contributed by atoms with van der Waals surface area (Å²) in [5.41, 5.74) is 6.13. The van der Waals surface area contributed by atoms with Crippen molar-refractivity contribution in [3.05, 3.63) is 23.4 Å². The molecule has 17 heavy (non-hydrogen) atoms. The molecule has 0 spiro atoms. The number of nitrogens with one attached hydrogen (secondary N) is 1. The van der Waals surface area contributed by atoms with Crippen molar-refractivity contribution in [2.24, 2.45) is 0 Å². The number of nitrogen functional groups attached to an aromatic ring is 1. The van der Waals surface area contributed by atoms with E-state index in [2.05, 4.69) is 10.3 Å². The van der Waals surface area contributed by atoms with Crippen LogP contribution in [0.15, 0.2) is 12.3 Å². The van der Waals surface area contributed by atoms with Crippen LogP contribution < -0.4 is 11.1 Å². The first-order chi connectivity index (χ1) is 8.08. The van der Waals surface area contributed by atoms with Gasteiger partial charge in [0, 0.05) is 36.7 Å². The molecule has 3 N–H and O–H groups in total. The Balaban J connectivity index is 2.02. The van der Waals surface area contributed by atoms with Gasteiger partial charge in [-0.1, -0.05) is 0 Å². The molecule has 3 nitrogen and oxygen atoms in total. The second-order valence-corrected chi connectivity index (χ2v) is 5.40. The third-order valence-electron chi connectivity index (χ3n) is 4.11. The van der Waals surface area contributed by atoms with E-state index >= 15 is 4.39 Å². The second-order valence-electron chi connectivity index (χ2n) is 5.40. The lowest BCUT2D eigenvalue weighted by atomic mass is 9.81. The summed E-state index contributed by atoms with van der Waals surface area (Å²) in [6.45, 7) is 1.92. The lowest BCUT2D eigenvalue weighted by molar-refractivity contribution is 0.0872. The highest BCUT2D eigenvalue weighted by Crippen LogP contribution is 2.46. The van der Waals surface area contributed by atoms with Crippen LogP contribution in [-0.2, 0) is 5.67 Å². The number of aromatic nitrogens is 1. The van der Waals surface area contributed by atoms with E-state index in [1.165, 1.54) is 0 Å². The molecule has 3 heterocycles. The van der Waals surface area contributed by atoms with Crippen molar-refractivity contribution in [2.75, 3.05) is 5.73 Å². The number of alkyl halides is 1. The van der Waals surface area contributed by atoms with Crippen LogP contribution in [-0.4, -0.2) is 17.1 Å². The first-order valence-electron chi connectivity index (χ1n) is 6.25. The quantitative estimate of drug-likeness (QED) is 0.783. The van der Waals surface area contributed by atoms with Crippen LogP contribution in [0.1, 0.15) is 36.8 Å². The number of piperidine rings is 1. The smallest absolute Gasteiger partial charge is 0.142 e. The zero-order chi connectivity index (χ0) is 12.0. The summed E-state index contributed by atoms with van der Waals surface area (Å²) in [5, 5.41) is 3.45. The van der Waals surface area contributed by atoms with Crippen molar-refractivity contribution in [2.45, 2.75) is 50.4 Å². The highest BCUT2D eigenvalue weighted by molar-refractivity contribution is 5.48. The molecule has 0 aliphatic carbocycles. The summed E-state index contributed by atoms with van der Waals surface area (Å²) in [7, 11) is 0. The Labute approximate surface area is 101 Å². The number of fused-ring (bicyclic) bond motifs is 2. The third-order valence-corrected chi connectivity index (χ3v) is 4.11. The van der Waals surface area contributed by atoms with Gasteiger partial charge in [-0.05, 0) is 31.4 Å². The van der Waals surface area contributed by atoms with Crippen LogP contribution in [0.5, 0.6) is 0 Å². The van der Waals surface area contributed by atoms with E-state index in [4.69, 9.17) is 5.73 Å². The van der Waals surface area contributed by atoms with Gasteiger partial charge < -0.3 is 11.1 Å². The van der Waals surface area contributed by atoms with E-state index in [1.54, 1.807) is 6.20 Å². The van der Waals surface area contributed by atoms with Gasteiger partial charge in [-0.15, -0.1) is 0 Å². The second kappa shape index (κ2) is 3.67. The maximum absolute atomic E-state index is 15.2. The summed E-state index contributed by atoms with van der Waals surface area (Å²) in [6.07, 6.45) is 4.86. The van der Waals surface area contributed by atoms with Gasteiger partial charge >= 0.3 is 0 Å². The lowest BCUT2D eigenvalue weighted by Gasteiger charge is -2.36. The van der Waals surface area contributed by atoms with E-state index in [0.717, 1.165) is 18.4 Å². The Morgan fingerprint density at radius 1 is 1.41 bits per heavy atom. The number of halogens is 1. The van der Waals surface area contributed by atoms with Gasteiger partial charge in [0.25, 0.3) is 0 Å². The molecule has 0 amide bonds. The molecule has 2 fully saturated rings. The standard InChI is InChI=1S/C13H18FN3/c1-8-4-5-16-12(15)11(8)13(14)6-9-2-3-10(7-13)17-9/h4-5,9-10,17H,2-3,6-7H2,1H3,(H2,15,16). The van der Waals surface area contributed by atoms with Crippen LogP contribution in [0, 0.1) is 6.92 Å². The molecule has 0 aromatic carbocycles. The van der Waals surface area contributed by atoms with Gasteiger partial charge in [-0.3, -0.25) is 0 Å². The Hall–Kier alpha value is -1.16. The van der Waals surface area contributed by atoms with Gasteiger partial charge in [0.05, 0.1) is 0 Å². The monoisotopic (exact) mass is 235 g/mol. The van der Waals surface area contributed by atoms with Crippen molar-refractivity contribution >= 4 is 5.82 Å². The fourth-order valence-corrected chi connectivity index (χ4v) is 3.46. The predicted octanol–water partition coefficient (Wildman–Crippen LogP) is 2.05. The lowest BCUT2D eigenvalue weighted by Crippen LogP contribution is -2.45. The normalized spacial score (nSPS) is 36.1. The van der Waals surface area contributed by atoms with Crippen molar-refractivity contribution < 1.29 is 4.39 Å². The Morgan fingerprint density at radius 3 is 2.65 bits per heavy atom. The summed E-state index contributed by atoms with van der Waals surface area (Å²) >= 11 is 0. The van der Waals surface area contributed by atoms with Crippen molar-refractivity contribution in [3.63, 3.8) is 0 Å². The molecule has 2 bridgehead atoms. The SMILES string of the molecule is Cc1ccnc(N)c1C1(F)CC2CCC(C1)N2. The van der Waals surface area contributed by atoms with Crippen LogP contribution in [0.4, 0.5) is 10.2 Å². The number of nitrogens with two attached hydrogens (primary N) is 1. The zero-order valence-electron chi connectivity index (χ0n) is 10.0. The number of hydrogen-bond donors (Lipinski definition) is 2. The highest BCUT2D eigenvalue weighted by Gasteiger charge is 2.46. The number of rotatable bonds is 1. The van der Waals surface area contributed by atoms with Gasteiger partial charge in [0.15, 0.2) is 0 Å². The largest absolute Gasteiger partial charge is 0.383 e. The van der Waals surface area contributed by atoms with Crippen molar-refractivity contribution in [1.29, 1.82) is 0 Å². The Bertz CT molecular complexity index is 414. The molecule has 92 valence electrons. The van der Waals surface area contributed by atoms with Gasteiger partial charge in [-0.25, -0.2) is 9.37 Å². The summed E-state index contributed by atoms with van der Waals surface area (Å²) < 4.78 is 15.2. The zero-order valence-corrected chi connectivity index (χ0v) is 10.0. The topological polar surface area (TPSA) is 50.9 Å². The predicted molar refractivity (Wildman–Crippen MR) is 65.4 cm³/mol. The molecule has 1 aromatic rings. The van der Waals surface area contributed by atoms with E-state index in [9.17, 15) is 0 Å². The molecule has 3 rings (SSSR count). The molecule has 4 heteroatoms.